The minimum Gasteiger partial charge on any atom is -0.352 e. The Kier molecular flexibility index (Phi) is 8.72. The van der Waals surface area contributed by atoms with Gasteiger partial charge in [-0.15, -0.1) is 0 Å². The Morgan fingerprint density at radius 3 is 2.00 bits per heavy atom. The first-order valence-corrected chi connectivity index (χ1v) is 8.43. The van der Waals surface area contributed by atoms with E-state index in [-0.39, 0.29) is 11.7 Å². The lowest BCUT2D eigenvalue weighted by molar-refractivity contribution is -0.229. The van der Waals surface area contributed by atoms with Gasteiger partial charge in [0, 0.05) is 5.41 Å². The van der Waals surface area contributed by atoms with Crippen LogP contribution in [-0.2, 0) is 9.47 Å². The largest absolute Gasteiger partial charge is 0.352 e. The SMILES string of the molecule is CCCCCCCCCC1OCC(C)(CCC)CO1. The van der Waals surface area contributed by atoms with Crippen LogP contribution in [-0.4, -0.2) is 19.5 Å². The fraction of sp³-hybridized carbons (Fsp3) is 1.00. The van der Waals surface area contributed by atoms with Crippen molar-refractivity contribution in [3.8, 4) is 0 Å². The van der Waals surface area contributed by atoms with Gasteiger partial charge >= 0.3 is 0 Å². The van der Waals surface area contributed by atoms with Crippen molar-refractivity contribution >= 4 is 0 Å². The van der Waals surface area contributed by atoms with E-state index in [9.17, 15) is 0 Å². The highest BCUT2D eigenvalue weighted by Gasteiger charge is 2.31. The summed E-state index contributed by atoms with van der Waals surface area (Å²) in [6.45, 7) is 8.53. The molecular formula is C17H34O2. The lowest BCUT2D eigenvalue weighted by Crippen LogP contribution is -2.39. The second-order valence-electron chi connectivity index (χ2n) is 6.52. The predicted octanol–water partition coefficient (Wildman–Crippen LogP) is 5.31. The summed E-state index contributed by atoms with van der Waals surface area (Å²) in [5, 5.41) is 0. The molecule has 0 unspecified atom stereocenters. The van der Waals surface area contributed by atoms with Gasteiger partial charge < -0.3 is 9.47 Å². The molecule has 2 heteroatoms. The first-order valence-electron chi connectivity index (χ1n) is 8.43. The van der Waals surface area contributed by atoms with E-state index in [0.717, 1.165) is 19.6 Å². The summed E-state index contributed by atoms with van der Waals surface area (Å²) in [5.41, 5.74) is 0.255. The van der Waals surface area contributed by atoms with E-state index in [1.165, 1.54) is 57.8 Å². The third-order valence-corrected chi connectivity index (χ3v) is 4.13. The first kappa shape index (κ1) is 17.0. The Balaban J connectivity index is 1.97. The summed E-state index contributed by atoms with van der Waals surface area (Å²) in [5.74, 6) is 0. The molecule has 0 aromatic rings. The van der Waals surface area contributed by atoms with E-state index in [1.54, 1.807) is 0 Å². The monoisotopic (exact) mass is 270 g/mol. The summed E-state index contributed by atoms with van der Waals surface area (Å²) in [6, 6.07) is 0. The van der Waals surface area contributed by atoms with Crippen LogP contribution in [0.15, 0.2) is 0 Å². The summed E-state index contributed by atoms with van der Waals surface area (Å²) < 4.78 is 11.7. The molecule has 2 nitrogen and oxygen atoms in total. The van der Waals surface area contributed by atoms with Gasteiger partial charge in [-0.3, -0.25) is 0 Å². The molecule has 1 fully saturated rings. The molecule has 114 valence electrons. The van der Waals surface area contributed by atoms with Crippen LogP contribution >= 0.6 is 0 Å². The smallest absolute Gasteiger partial charge is 0.157 e. The van der Waals surface area contributed by atoms with Crippen LogP contribution in [0.5, 0.6) is 0 Å². The zero-order valence-corrected chi connectivity index (χ0v) is 13.4. The molecule has 0 aliphatic carbocycles. The molecule has 0 aromatic heterocycles. The molecule has 1 heterocycles. The first-order chi connectivity index (χ1) is 9.20. The Bertz CT molecular complexity index is 207. The lowest BCUT2D eigenvalue weighted by Gasteiger charge is -2.37. The van der Waals surface area contributed by atoms with Gasteiger partial charge in [-0.1, -0.05) is 65.7 Å². The molecule has 1 aliphatic rings. The van der Waals surface area contributed by atoms with Crippen molar-refractivity contribution in [2.24, 2.45) is 5.41 Å². The molecule has 0 bridgehead atoms. The minimum absolute atomic E-state index is 0.0700. The molecule has 19 heavy (non-hydrogen) atoms. The third-order valence-electron chi connectivity index (χ3n) is 4.13. The predicted molar refractivity (Wildman–Crippen MR) is 81.3 cm³/mol. The highest BCUT2D eigenvalue weighted by atomic mass is 16.7. The van der Waals surface area contributed by atoms with Crippen LogP contribution in [0, 0.1) is 5.41 Å². The zero-order valence-electron chi connectivity index (χ0n) is 13.4. The summed E-state index contributed by atoms with van der Waals surface area (Å²) in [4.78, 5) is 0. The molecule has 1 rings (SSSR count). The van der Waals surface area contributed by atoms with Crippen LogP contribution in [0.4, 0.5) is 0 Å². The van der Waals surface area contributed by atoms with E-state index in [2.05, 4.69) is 20.8 Å². The molecule has 0 aromatic carbocycles. The fourth-order valence-electron chi connectivity index (χ4n) is 2.86. The van der Waals surface area contributed by atoms with Gasteiger partial charge in [0.15, 0.2) is 6.29 Å². The topological polar surface area (TPSA) is 18.5 Å². The molecule has 0 saturated carbocycles. The van der Waals surface area contributed by atoms with E-state index >= 15 is 0 Å². The normalized spacial score (nSPS) is 27.6. The standard InChI is InChI=1S/C17H34O2/c1-4-6-7-8-9-10-11-12-16-18-14-17(3,13-5-2)15-19-16/h16H,4-15H2,1-3H3. The second-order valence-corrected chi connectivity index (χ2v) is 6.52. The number of rotatable bonds is 10. The number of hydrogen-bond acceptors (Lipinski definition) is 2. The molecule has 0 N–H and O–H groups in total. The highest BCUT2D eigenvalue weighted by molar-refractivity contribution is 4.76. The van der Waals surface area contributed by atoms with Crippen LogP contribution in [0.1, 0.15) is 85.0 Å². The van der Waals surface area contributed by atoms with Gasteiger partial charge in [0.1, 0.15) is 0 Å². The van der Waals surface area contributed by atoms with Gasteiger partial charge in [0.05, 0.1) is 13.2 Å². The molecule has 1 aliphatic heterocycles. The molecular weight excluding hydrogens is 236 g/mol. The van der Waals surface area contributed by atoms with E-state index in [0.29, 0.717) is 0 Å². The Labute approximate surface area is 120 Å². The van der Waals surface area contributed by atoms with E-state index in [4.69, 9.17) is 9.47 Å². The lowest BCUT2D eigenvalue weighted by atomic mass is 9.87. The van der Waals surface area contributed by atoms with Crippen molar-refractivity contribution in [3.63, 3.8) is 0 Å². The summed E-state index contributed by atoms with van der Waals surface area (Å²) in [6.07, 6.45) is 13.1. The summed E-state index contributed by atoms with van der Waals surface area (Å²) >= 11 is 0. The average Bonchev–Trinajstić information content (AvgIpc) is 2.40. The van der Waals surface area contributed by atoms with Gasteiger partial charge in [0.2, 0.25) is 0 Å². The quantitative estimate of drug-likeness (QED) is 0.501. The molecule has 0 atom stereocenters. The average molecular weight is 270 g/mol. The summed E-state index contributed by atoms with van der Waals surface area (Å²) in [7, 11) is 0. The number of hydrogen-bond donors (Lipinski definition) is 0. The van der Waals surface area contributed by atoms with Crippen molar-refractivity contribution in [1.29, 1.82) is 0 Å². The van der Waals surface area contributed by atoms with Crippen LogP contribution < -0.4 is 0 Å². The maximum absolute atomic E-state index is 5.87. The maximum atomic E-state index is 5.87. The minimum atomic E-state index is 0.0700. The Morgan fingerprint density at radius 2 is 1.42 bits per heavy atom. The van der Waals surface area contributed by atoms with Gasteiger partial charge in [0.25, 0.3) is 0 Å². The van der Waals surface area contributed by atoms with Crippen molar-refractivity contribution in [2.75, 3.05) is 13.2 Å². The van der Waals surface area contributed by atoms with Gasteiger partial charge in [-0.05, 0) is 19.3 Å². The highest BCUT2D eigenvalue weighted by Crippen LogP contribution is 2.30. The van der Waals surface area contributed by atoms with Gasteiger partial charge in [-0.2, -0.15) is 0 Å². The van der Waals surface area contributed by atoms with Crippen molar-refractivity contribution in [1.82, 2.24) is 0 Å². The third kappa shape index (κ3) is 7.31. The molecule has 0 amide bonds. The molecule has 0 spiro atoms. The molecule has 1 saturated heterocycles. The Hall–Kier alpha value is -0.0800. The number of unbranched alkanes of at least 4 members (excludes halogenated alkanes) is 6. The number of ether oxygens (including phenoxy) is 2. The Morgan fingerprint density at radius 1 is 0.842 bits per heavy atom. The van der Waals surface area contributed by atoms with E-state index in [1.807, 2.05) is 0 Å². The van der Waals surface area contributed by atoms with Crippen LogP contribution in [0.25, 0.3) is 0 Å². The second kappa shape index (κ2) is 9.77. The zero-order chi connectivity index (χ0) is 14.0. The maximum Gasteiger partial charge on any atom is 0.157 e. The van der Waals surface area contributed by atoms with Crippen molar-refractivity contribution in [2.45, 2.75) is 91.3 Å². The van der Waals surface area contributed by atoms with Crippen molar-refractivity contribution in [3.05, 3.63) is 0 Å². The van der Waals surface area contributed by atoms with E-state index < -0.39 is 0 Å². The van der Waals surface area contributed by atoms with Gasteiger partial charge in [-0.25, -0.2) is 0 Å². The van der Waals surface area contributed by atoms with Crippen LogP contribution in [0.3, 0.4) is 0 Å². The van der Waals surface area contributed by atoms with Crippen molar-refractivity contribution < 1.29 is 9.47 Å². The fourth-order valence-corrected chi connectivity index (χ4v) is 2.86. The molecule has 0 radical (unpaired) electrons. The van der Waals surface area contributed by atoms with Crippen LogP contribution in [0.2, 0.25) is 0 Å².